The summed E-state index contributed by atoms with van der Waals surface area (Å²) in [4.78, 5) is 4.82. The van der Waals surface area contributed by atoms with Crippen molar-refractivity contribution in [2.45, 2.75) is 6.42 Å². The molecule has 7 heteroatoms. The summed E-state index contributed by atoms with van der Waals surface area (Å²) in [5, 5.41) is 12.5. The predicted molar refractivity (Wildman–Crippen MR) is 105 cm³/mol. The van der Waals surface area contributed by atoms with Crippen LogP contribution in [-0.4, -0.2) is 35.5 Å². The molecule has 1 N–H and O–H groups in total. The van der Waals surface area contributed by atoms with E-state index in [0.717, 1.165) is 16.4 Å². The van der Waals surface area contributed by atoms with Crippen LogP contribution in [0.15, 0.2) is 36.9 Å². The number of pyridine rings is 1. The largest absolute Gasteiger partial charge is 0.505 e. The minimum absolute atomic E-state index is 0.153. The molecule has 142 valence electrons. The highest BCUT2D eigenvalue weighted by Crippen LogP contribution is 2.43. The van der Waals surface area contributed by atoms with Gasteiger partial charge in [0.1, 0.15) is 11.4 Å². The van der Waals surface area contributed by atoms with E-state index in [1.807, 2.05) is 22.6 Å². The molecule has 28 heavy (non-hydrogen) atoms. The number of aromatic hydroxyl groups is 1. The van der Waals surface area contributed by atoms with Gasteiger partial charge in [-0.05, 0) is 12.1 Å². The van der Waals surface area contributed by atoms with E-state index in [4.69, 9.17) is 23.9 Å². The molecule has 0 bridgehead atoms. The smallest absolute Gasteiger partial charge is 0.231 e. The maximum atomic E-state index is 11.1. The Morgan fingerprint density at radius 1 is 1.11 bits per heavy atom. The van der Waals surface area contributed by atoms with Gasteiger partial charge in [-0.15, -0.1) is 6.58 Å². The van der Waals surface area contributed by atoms with Gasteiger partial charge in [0.05, 0.1) is 30.9 Å². The number of allylic oxidation sites excluding steroid dienone is 1. The molecular weight excluding hydrogens is 360 g/mol. The summed E-state index contributed by atoms with van der Waals surface area (Å²) in [5.74, 6) is 2.57. The van der Waals surface area contributed by atoms with Crippen LogP contribution in [0.2, 0.25) is 0 Å². The first-order valence-electron chi connectivity index (χ1n) is 8.78. The van der Waals surface area contributed by atoms with E-state index in [2.05, 4.69) is 6.58 Å². The number of rotatable bonds is 4. The van der Waals surface area contributed by atoms with Crippen LogP contribution in [0.1, 0.15) is 5.69 Å². The predicted octanol–water partition coefficient (Wildman–Crippen LogP) is 3.82. The molecule has 1 aliphatic rings. The molecule has 0 saturated carbocycles. The minimum atomic E-state index is 0.153. The van der Waals surface area contributed by atoms with Crippen LogP contribution >= 0.6 is 0 Å². The highest BCUT2D eigenvalue weighted by atomic mass is 16.7. The number of nitrogens with zero attached hydrogens (tertiary/aromatic N) is 2. The molecule has 0 radical (unpaired) electrons. The summed E-state index contributed by atoms with van der Waals surface area (Å²) in [7, 11) is 3.14. The first-order valence-corrected chi connectivity index (χ1v) is 8.78. The Labute approximate surface area is 160 Å². The Kier molecular flexibility index (Phi) is 3.52. The van der Waals surface area contributed by atoms with Crippen LogP contribution in [-0.2, 0) is 6.42 Å². The number of hydrogen-bond donors (Lipinski definition) is 1. The lowest BCUT2D eigenvalue weighted by Gasteiger charge is -2.14. The molecule has 0 atom stereocenters. The molecule has 2 aromatic carbocycles. The number of benzene rings is 2. The van der Waals surface area contributed by atoms with Crippen molar-refractivity contribution in [2.24, 2.45) is 0 Å². The topological polar surface area (TPSA) is 74.5 Å². The Morgan fingerprint density at radius 3 is 2.46 bits per heavy atom. The average molecular weight is 378 g/mol. The normalized spacial score (nSPS) is 12.8. The molecule has 0 fully saturated rings. The van der Waals surface area contributed by atoms with Gasteiger partial charge in [0.2, 0.25) is 6.79 Å². The molecule has 0 unspecified atom stereocenters. The Morgan fingerprint density at radius 2 is 1.79 bits per heavy atom. The second kappa shape index (κ2) is 5.95. The third-order valence-electron chi connectivity index (χ3n) is 5.05. The minimum Gasteiger partial charge on any atom is -0.505 e. The summed E-state index contributed by atoms with van der Waals surface area (Å²) < 4.78 is 23.8. The number of aromatic nitrogens is 2. The summed E-state index contributed by atoms with van der Waals surface area (Å²) >= 11 is 0. The molecule has 7 nitrogen and oxygen atoms in total. The lowest BCUT2D eigenvalue weighted by molar-refractivity contribution is 0.174. The standard InChI is InChI=1S/C21H18N2O5/c1-4-5-14-20(24)11-6-16(25-2)17(26-3)7-12(11)21-22-13-8-18-19(28-10-27-18)9-15(13)23(14)21/h4,6-9,24H,1,5,10H2,2-3H3. The van der Waals surface area contributed by atoms with Crippen molar-refractivity contribution >= 4 is 27.5 Å². The van der Waals surface area contributed by atoms with Crippen LogP contribution in [0.3, 0.4) is 0 Å². The first-order chi connectivity index (χ1) is 13.7. The zero-order valence-electron chi connectivity index (χ0n) is 15.5. The van der Waals surface area contributed by atoms with E-state index < -0.39 is 0 Å². The number of imidazole rings is 1. The second-order valence-electron chi connectivity index (χ2n) is 6.51. The van der Waals surface area contributed by atoms with E-state index in [1.165, 1.54) is 0 Å². The highest BCUT2D eigenvalue weighted by Gasteiger charge is 2.22. The molecule has 2 aromatic heterocycles. The Bertz CT molecular complexity index is 1280. The quantitative estimate of drug-likeness (QED) is 0.544. The lowest BCUT2D eigenvalue weighted by Crippen LogP contribution is -1.99. The fourth-order valence-electron chi connectivity index (χ4n) is 3.77. The third kappa shape index (κ3) is 2.13. The number of hydrogen-bond acceptors (Lipinski definition) is 6. The Balaban J connectivity index is 1.98. The van der Waals surface area contributed by atoms with Gasteiger partial charge >= 0.3 is 0 Å². The summed E-state index contributed by atoms with van der Waals surface area (Å²) in [6.45, 7) is 4.02. The molecule has 0 amide bonds. The van der Waals surface area contributed by atoms with Crippen molar-refractivity contribution in [3.8, 4) is 28.7 Å². The van der Waals surface area contributed by atoms with E-state index in [1.54, 1.807) is 26.4 Å². The molecule has 1 aliphatic heterocycles. The number of fused-ring (bicyclic) bond motifs is 6. The average Bonchev–Trinajstić information content (AvgIpc) is 3.32. The second-order valence-corrected chi connectivity index (χ2v) is 6.51. The van der Waals surface area contributed by atoms with Gasteiger partial charge in [0.25, 0.3) is 0 Å². The third-order valence-corrected chi connectivity index (χ3v) is 5.05. The van der Waals surface area contributed by atoms with Crippen LogP contribution in [0, 0.1) is 0 Å². The van der Waals surface area contributed by atoms with E-state index >= 15 is 0 Å². The zero-order chi connectivity index (χ0) is 19.4. The molecule has 3 heterocycles. The van der Waals surface area contributed by atoms with Gasteiger partial charge in [-0.2, -0.15) is 0 Å². The maximum Gasteiger partial charge on any atom is 0.231 e. The summed E-state index contributed by atoms with van der Waals surface area (Å²) in [6, 6.07) is 7.33. The molecule has 0 saturated heterocycles. The first kappa shape index (κ1) is 16.6. The number of ether oxygens (including phenoxy) is 4. The SMILES string of the molecule is C=CCc1c(O)c2cc(OC)c(OC)cc2c2nc3cc4c(cc3n12)OCO4. The van der Waals surface area contributed by atoms with Crippen molar-refractivity contribution in [3.63, 3.8) is 0 Å². The summed E-state index contributed by atoms with van der Waals surface area (Å²) in [5.41, 5.74) is 2.95. The molecule has 4 aromatic rings. The van der Waals surface area contributed by atoms with Gasteiger partial charge in [0.15, 0.2) is 23.0 Å². The molecule has 0 aliphatic carbocycles. The van der Waals surface area contributed by atoms with Gasteiger partial charge in [-0.25, -0.2) is 4.98 Å². The van der Waals surface area contributed by atoms with Crippen LogP contribution in [0.4, 0.5) is 0 Å². The van der Waals surface area contributed by atoms with Crippen LogP contribution < -0.4 is 18.9 Å². The fraction of sp³-hybridized carbons (Fsp3) is 0.190. The van der Waals surface area contributed by atoms with Crippen molar-refractivity contribution in [1.29, 1.82) is 0 Å². The van der Waals surface area contributed by atoms with Crippen LogP contribution in [0.25, 0.3) is 27.5 Å². The number of methoxy groups -OCH3 is 2. The lowest BCUT2D eigenvalue weighted by atomic mass is 10.1. The van der Waals surface area contributed by atoms with Crippen molar-refractivity contribution < 1.29 is 24.1 Å². The monoisotopic (exact) mass is 378 g/mol. The molecule has 5 rings (SSSR count). The fourth-order valence-corrected chi connectivity index (χ4v) is 3.77. The van der Waals surface area contributed by atoms with Gasteiger partial charge in [-0.1, -0.05) is 6.08 Å². The van der Waals surface area contributed by atoms with Crippen LogP contribution in [0.5, 0.6) is 28.7 Å². The van der Waals surface area contributed by atoms with Gasteiger partial charge in [0, 0.05) is 29.3 Å². The van der Waals surface area contributed by atoms with E-state index in [9.17, 15) is 5.11 Å². The van der Waals surface area contributed by atoms with Crippen molar-refractivity contribution in [2.75, 3.05) is 21.0 Å². The highest BCUT2D eigenvalue weighted by molar-refractivity contribution is 6.04. The van der Waals surface area contributed by atoms with Crippen molar-refractivity contribution in [3.05, 3.63) is 42.6 Å². The van der Waals surface area contributed by atoms with E-state index in [0.29, 0.717) is 46.1 Å². The van der Waals surface area contributed by atoms with Crippen molar-refractivity contribution in [1.82, 2.24) is 9.38 Å². The summed E-state index contributed by atoms with van der Waals surface area (Å²) in [6.07, 6.45) is 2.21. The zero-order valence-corrected chi connectivity index (χ0v) is 15.5. The van der Waals surface area contributed by atoms with E-state index in [-0.39, 0.29) is 12.5 Å². The molecule has 0 spiro atoms. The Hall–Kier alpha value is -3.61. The molecular formula is C21H18N2O5. The van der Waals surface area contributed by atoms with Gasteiger partial charge in [-0.3, -0.25) is 4.40 Å². The maximum absolute atomic E-state index is 11.1. The van der Waals surface area contributed by atoms with Gasteiger partial charge < -0.3 is 24.1 Å².